The highest BCUT2D eigenvalue weighted by molar-refractivity contribution is 5.77. The molecule has 27 heavy (non-hydrogen) atoms. The molecule has 0 radical (unpaired) electrons. The van der Waals surface area contributed by atoms with Crippen LogP contribution in [0.3, 0.4) is 0 Å². The highest BCUT2D eigenvalue weighted by atomic mass is 16.4. The number of piperidine rings is 1. The Morgan fingerprint density at radius 2 is 1.81 bits per heavy atom. The first-order valence-electron chi connectivity index (χ1n) is 9.18. The molecule has 0 atom stereocenters. The number of aliphatic carboxylic acids is 1. The van der Waals surface area contributed by atoms with E-state index in [1.54, 1.807) is 10.9 Å². The van der Waals surface area contributed by atoms with Crippen LogP contribution in [0, 0.1) is 13.8 Å². The number of fused-ring (bicyclic) bond motifs is 1. The van der Waals surface area contributed by atoms with Gasteiger partial charge in [-0.1, -0.05) is 12.1 Å². The maximum Gasteiger partial charge on any atom is 0.331 e. The molecule has 1 fully saturated rings. The van der Waals surface area contributed by atoms with Gasteiger partial charge in [0.25, 0.3) is 0 Å². The molecule has 0 amide bonds. The van der Waals surface area contributed by atoms with Crippen LogP contribution in [0.25, 0.3) is 11.0 Å². The first-order valence-corrected chi connectivity index (χ1v) is 9.18. The van der Waals surface area contributed by atoms with E-state index in [1.165, 1.54) is 0 Å². The number of carbonyl (C=O) groups is 1. The molecule has 7 nitrogen and oxygen atoms in total. The van der Waals surface area contributed by atoms with Gasteiger partial charge in [-0.25, -0.2) is 14.8 Å². The van der Waals surface area contributed by atoms with Crippen LogP contribution in [0.4, 0.5) is 0 Å². The Hall–Kier alpha value is -2.80. The Balaban J connectivity index is 1.52. The minimum Gasteiger partial charge on any atom is -0.479 e. The van der Waals surface area contributed by atoms with E-state index in [1.807, 2.05) is 44.3 Å². The number of rotatable bonds is 4. The second kappa shape index (κ2) is 6.74. The number of aryl methyl sites for hydroxylation is 2. The molecule has 1 aliphatic rings. The molecule has 0 spiro atoms. The number of carboxylic acid groups (broad SMARTS) is 1. The lowest BCUT2D eigenvalue weighted by molar-refractivity contribution is -0.151. The Morgan fingerprint density at radius 3 is 2.41 bits per heavy atom. The quantitative estimate of drug-likeness (QED) is 0.765. The highest BCUT2D eigenvalue weighted by Gasteiger charge is 2.44. The molecular formula is C20H23N5O2. The Kier molecular flexibility index (Phi) is 4.39. The summed E-state index contributed by atoms with van der Waals surface area (Å²) in [7, 11) is 0. The van der Waals surface area contributed by atoms with E-state index in [-0.39, 0.29) is 0 Å². The number of carboxylic acids is 1. The maximum absolute atomic E-state index is 12.0. The van der Waals surface area contributed by atoms with Crippen molar-refractivity contribution < 1.29 is 9.90 Å². The summed E-state index contributed by atoms with van der Waals surface area (Å²) in [5.74, 6) is -0.813. The Labute approximate surface area is 157 Å². The monoisotopic (exact) mass is 365 g/mol. The number of para-hydroxylation sites is 2. The Bertz CT molecular complexity index is 989. The van der Waals surface area contributed by atoms with Crippen molar-refractivity contribution in [3.63, 3.8) is 0 Å². The molecule has 4 rings (SSSR count). The summed E-state index contributed by atoms with van der Waals surface area (Å²) in [5, 5.41) is 14.2. The average molecular weight is 365 g/mol. The molecule has 140 valence electrons. The van der Waals surface area contributed by atoms with Crippen LogP contribution in [-0.4, -0.2) is 48.8 Å². The summed E-state index contributed by atoms with van der Waals surface area (Å²) >= 11 is 0. The molecule has 1 saturated heterocycles. The third-order valence-corrected chi connectivity index (χ3v) is 5.45. The predicted octanol–water partition coefficient (Wildman–Crippen LogP) is 2.52. The van der Waals surface area contributed by atoms with Crippen molar-refractivity contribution in [1.29, 1.82) is 0 Å². The van der Waals surface area contributed by atoms with Gasteiger partial charge in [-0.3, -0.25) is 9.58 Å². The fraction of sp³-hybridized carbons (Fsp3) is 0.400. The molecule has 0 bridgehead atoms. The molecule has 1 N–H and O–H groups in total. The van der Waals surface area contributed by atoms with E-state index in [2.05, 4.69) is 15.0 Å². The largest absolute Gasteiger partial charge is 0.479 e. The molecular weight excluding hydrogens is 342 g/mol. The van der Waals surface area contributed by atoms with Crippen LogP contribution in [-0.2, 0) is 16.9 Å². The first-order chi connectivity index (χ1) is 13.0. The van der Waals surface area contributed by atoms with Gasteiger partial charge >= 0.3 is 5.97 Å². The zero-order chi connectivity index (χ0) is 19.0. The van der Waals surface area contributed by atoms with Crippen LogP contribution < -0.4 is 0 Å². The number of hydrogen-bond donors (Lipinski definition) is 1. The van der Waals surface area contributed by atoms with Crippen LogP contribution >= 0.6 is 0 Å². The lowest BCUT2D eigenvalue weighted by Gasteiger charge is -2.38. The lowest BCUT2D eigenvalue weighted by atomic mass is 9.87. The molecule has 1 aliphatic heterocycles. The fourth-order valence-corrected chi connectivity index (χ4v) is 3.76. The summed E-state index contributed by atoms with van der Waals surface area (Å²) in [5.41, 5.74) is 3.67. The second-order valence-corrected chi connectivity index (χ2v) is 7.32. The fourth-order valence-electron chi connectivity index (χ4n) is 3.76. The molecule has 0 unspecified atom stereocenters. The smallest absolute Gasteiger partial charge is 0.331 e. The predicted molar refractivity (Wildman–Crippen MR) is 101 cm³/mol. The minimum atomic E-state index is -0.963. The van der Waals surface area contributed by atoms with E-state index < -0.39 is 11.5 Å². The van der Waals surface area contributed by atoms with Gasteiger partial charge in [-0.15, -0.1) is 0 Å². The van der Waals surface area contributed by atoms with E-state index in [0.29, 0.717) is 32.5 Å². The molecule has 0 aliphatic carbocycles. The van der Waals surface area contributed by atoms with Crippen molar-refractivity contribution >= 4 is 17.0 Å². The van der Waals surface area contributed by atoms with Crippen LogP contribution in [0.1, 0.15) is 29.8 Å². The van der Waals surface area contributed by atoms with E-state index in [9.17, 15) is 9.90 Å². The van der Waals surface area contributed by atoms with Crippen molar-refractivity contribution in [1.82, 2.24) is 24.6 Å². The summed E-state index contributed by atoms with van der Waals surface area (Å²) in [6.45, 7) is 5.94. The van der Waals surface area contributed by atoms with E-state index in [0.717, 1.165) is 28.0 Å². The summed E-state index contributed by atoms with van der Waals surface area (Å²) in [6, 6.07) is 7.86. The number of likely N-dealkylation sites (tertiary alicyclic amines) is 1. The second-order valence-electron chi connectivity index (χ2n) is 7.32. The Morgan fingerprint density at radius 1 is 1.15 bits per heavy atom. The number of aromatic nitrogens is 4. The zero-order valence-corrected chi connectivity index (χ0v) is 15.6. The van der Waals surface area contributed by atoms with E-state index in [4.69, 9.17) is 4.98 Å². The number of hydrogen-bond acceptors (Lipinski definition) is 5. The number of nitrogens with zero attached hydrogens (tertiary/aromatic N) is 5. The van der Waals surface area contributed by atoms with Gasteiger partial charge in [0.05, 0.1) is 28.6 Å². The molecule has 3 heterocycles. The van der Waals surface area contributed by atoms with Gasteiger partial charge in [0.15, 0.2) is 5.54 Å². The SMILES string of the molecule is Cc1cnn(C2(C(=O)O)CCN(Cc3nc4ccccc4nc3C)CC2)c1. The third kappa shape index (κ3) is 3.19. The molecule has 2 aromatic heterocycles. The normalized spacial score (nSPS) is 17.3. The van der Waals surface area contributed by atoms with Gasteiger partial charge in [-0.2, -0.15) is 5.10 Å². The summed E-state index contributed by atoms with van der Waals surface area (Å²) in [4.78, 5) is 23.7. The van der Waals surface area contributed by atoms with Gasteiger partial charge in [0, 0.05) is 25.8 Å². The molecule has 1 aromatic carbocycles. The molecule has 0 saturated carbocycles. The van der Waals surface area contributed by atoms with Gasteiger partial charge in [0.2, 0.25) is 0 Å². The maximum atomic E-state index is 12.0. The topological polar surface area (TPSA) is 84.1 Å². The highest BCUT2D eigenvalue weighted by Crippen LogP contribution is 2.31. The van der Waals surface area contributed by atoms with Gasteiger partial charge in [0.1, 0.15) is 0 Å². The van der Waals surface area contributed by atoms with Crippen molar-refractivity contribution in [2.24, 2.45) is 0 Å². The van der Waals surface area contributed by atoms with Crippen molar-refractivity contribution in [3.05, 3.63) is 53.6 Å². The lowest BCUT2D eigenvalue weighted by Crippen LogP contribution is -2.51. The first kappa shape index (κ1) is 17.6. The van der Waals surface area contributed by atoms with Crippen LogP contribution in [0.15, 0.2) is 36.7 Å². The van der Waals surface area contributed by atoms with E-state index >= 15 is 0 Å². The third-order valence-electron chi connectivity index (χ3n) is 5.45. The summed E-state index contributed by atoms with van der Waals surface area (Å²) < 4.78 is 1.63. The summed E-state index contributed by atoms with van der Waals surface area (Å²) in [6.07, 6.45) is 4.57. The zero-order valence-electron chi connectivity index (χ0n) is 15.6. The van der Waals surface area contributed by atoms with Crippen molar-refractivity contribution in [3.8, 4) is 0 Å². The number of benzene rings is 1. The minimum absolute atomic E-state index is 0.517. The van der Waals surface area contributed by atoms with Crippen LogP contribution in [0.5, 0.6) is 0 Å². The molecule has 7 heteroatoms. The molecule has 3 aromatic rings. The van der Waals surface area contributed by atoms with Crippen molar-refractivity contribution in [2.45, 2.75) is 38.8 Å². The van der Waals surface area contributed by atoms with Gasteiger partial charge in [-0.05, 0) is 44.4 Å². The average Bonchev–Trinajstić information content (AvgIpc) is 3.09. The van der Waals surface area contributed by atoms with Gasteiger partial charge < -0.3 is 5.11 Å². The standard InChI is InChI=1S/C20H23N5O2/c1-14-11-21-25(12-14)20(19(26)27)7-9-24(10-8-20)13-18-15(2)22-16-5-3-4-6-17(16)23-18/h3-6,11-12H,7-10,13H2,1-2H3,(H,26,27). The van der Waals surface area contributed by atoms with Crippen molar-refractivity contribution in [2.75, 3.05) is 13.1 Å². The van der Waals surface area contributed by atoms with Crippen LogP contribution in [0.2, 0.25) is 0 Å².